The molecule has 0 bridgehead atoms. The van der Waals surface area contributed by atoms with Gasteiger partial charge in [-0.15, -0.1) is 0 Å². The third kappa shape index (κ3) is 5.88. The first-order valence-electron chi connectivity index (χ1n) is 5.87. The molecule has 0 unspecified atom stereocenters. The van der Waals surface area contributed by atoms with Crippen LogP contribution in [0.5, 0.6) is 0 Å². The average Bonchev–Trinajstić information content (AvgIpc) is 2.31. The summed E-state index contributed by atoms with van der Waals surface area (Å²) < 4.78 is 0. The van der Waals surface area contributed by atoms with Crippen LogP contribution in [-0.2, 0) is 11.3 Å². The van der Waals surface area contributed by atoms with Crippen LogP contribution < -0.4 is 10.6 Å². The first-order chi connectivity index (χ1) is 8.22. The lowest BCUT2D eigenvalue weighted by Gasteiger charge is -2.00. The Morgan fingerprint density at radius 3 is 2.59 bits per heavy atom. The van der Waals surface area contributed by atoms with Gasteiger partial charge in [0.25, 0.3) is 0 Å². The van der Waals surface area contributed by atoms with E-state index in [0.29, 0.717) is 6.54 Å². The van der Waals surface area contributed by atoms with Crippen molar-refractivity contribution in [2.45, 2.75) is 19.9 Å². The lowest BCUT2D eigenvalue weighted by Crippen LogP contribution is -2.20. The van der Waals surface area contributed by atoms with Crippen LogP contribution >= 0.6 is 0 Å². The standard InChI is InChI=1S/C14H20N2O/c1-12(17)16-10-4-3-5-13-6-8-14(9-7-13)11-15-2/h3,5-9,15H,4,10-11H2,1-2H3,(H,16,17). The molecular formula is C14H20N2O. The summed E-state index contributed by atoms with van der Waals surface area (Å²) in [6.07, 6.45) is 5.01. The van der Waals surface area contributed by atoms with Gasteiger partial charge in [0.2, 0.25) is 5.91 Å². The van der Waals surface area contributed by atoms with E-state index in [2.05, 4.69) is 47.1 Å². The van der Waals surface area contributed by atoms with Crippen molar-refractivity contribution < 1.29 is 4.79 Å². The Labute approximate surface area is 103 Å². The van der Waals surface area contributed by atoms with Gasteiger partial charge in [0.1, 0.15) is 0 Å². The molecule has 0 aliphatic rings. The molecule has 0 radical (unpaired) electrons. The van der Waals surface area contributed by atoms with E-state index in [0.717, 1.165) is 13.0 Å². The topological polar surface area (TPSA) is 41.1 Å². The molecule has 0 aliphatic heterocycles. The average molecular weight is 232 g/mol. The van der Waals surface area contributed by atoms with Crippen molar-refractivity contribution in [2.75, 3.05) is 13.6 Å². The molecule has 1 aromatic rings. The second-order valence-corrected chi connectivity index (χ2v) is 3.95. The summed E-state index contributed by atoms with van der Waals surface area (Å²) in [4.78, 5) is 10.6. The Bertz CT molecular complexity index is 368. The summed E-state index contributed by atoms with van der Waals surface area (Å²) in [7, 11) is 1.94. The van der Waals surface area contributed by atoms with Gasteiger partial charge in [0.15, 0.2) is 0 Å². The van der Waals surface area contributed by atoms with E-state index in [4.69, 9.17) is 0 Å². The van der Waals surface area contributed by atoms with Gasteiger partial charge in [0, 0.05) is 20.0 Å². The van der Waals surface area contributed by atoms with Crippen LogP contribution in [-0.4, -0.2) is 19.5 Å². The van der Waals surface area contributed by atoms with E-state index in [1.54, 1.807) is 0 Å². The minimum Gasteiger partial charge on any atom is -0.356 e. The molecule has 0 saturated carbocycles. The molecule has 2 N–H and O–H groups in total. The van der Waals surface area contributed by atoms with Gasteiger partial charge in [-0.3, -0.25) is 4.79 Å². The summed E-state index contributed by atoms with van der Waals surface area (Å²) in [6.45, 7) is 3.13. The van der Waals surface area contributed by atoms with E-state index in [9.17, 15) is 4.79 Å². The third-order valence-electron chi connectivity index (χ3n) is 2.36. The largest absolute Gasteiger partial charge is 0.356 e. The number of amides is 1. The first kappa shape index (κ1) is 13.5. The zero-order chi connectivity index (χ0) is 12.5. The van der Waals surface area contributed by atoms with Gasteiger partial charge >= 0.3 is 0 Å². The van der Waals surface area contributed by atoms with Gasteiger partial charge in [-0.2, -0.15) is 0 Å². The number of hydrogen-bond donors (Lipinski definition) is 2. The highest BCUT2D eigenvalue weighted by Crippen LogP contribution is 2.06. The van der Waals surface area contributed by atoms with Crippen LogP contribution in [0.15, 0.2) is 30.3 Å². The predicted octanol–water partition coefficient (Wildman–Crippen LogP) is 1.95. The minimum absolute atomic E-state index is 0.0230. The molecule has 0 spiro atoms. The number of carbonyl (C=O) groups is 1. The zero-order valence-electron chi connectivity index (χ0n) is 10.5. The number of nitrogens with one attached hydrogen (secondary N) is 2. The molecule has 92 valence electrons. The second kappa shape index (κ2) is 7.63. The Hall–Kier alpha value is -1.61. The van der Waals surface area contributed by atoms with E-state index >= 15 is 0 Å². The lowest BCUT2D eigenvalue weighted by molar-refractivity contribution is -0.118. The molecule has 0 aromatic heterocycles. The van der Waals surface area contributed by atoms with E-state index in [-0.39, 0.29) is 5.91 Å². The molecule has 0 heterocycles. The maximum Gasteiger partial charge on any atom is 0.216 e. The van der Waals surface area contributed by atoms with Gasteiger partial charge in [-0.05, 0) is 24.6 Å². The number of carbonyl (C=O) groups excluding carboxylic acids is 1. The maximum atomic E-state index is 10.6. The fourth-order valence-electron chi connectivity index (χ4n) is 1.50. The molecule has 0 aliphatic carbocycles. The molecule has 0 fully saturated rings. The molecule has 3 nitrogen and oxygen atoms in total. The highest BCUT2D eigenvalue weighted by atomic mass is 16.1. The van der Waals surface area contributed by atoms with Gasteiger partial charge in [-0.1, -0.05) is 36.4 Å². The first-order valence-corrected chi connectivity index (χ1v) is 5.87. The van der Waals surface area contributed by atoms with Gasteiger partial charge < -0.3 is 10.6 Å². The van der Waals surface area contributed by atoms with Crippen LogP contribution in [0.3, 0.4) is 0 Å². The fraction of sp³-hybridized carbons (Fsp3) is 0.357. The Balaban J connectivity index is 2.35. The Morgan fingerprint density at radius 2 is 2.00 bits per heavy atom. The molecule has 1 rings (SSSR count). The van der Waals surface area contributed by atoms with Gasteiger partial charge in [-0.25, -0.2) is 0 Å². The third-order valence-corrected chi connectivity index (χ3v) is 2.36. The summed E-state index contributed by atoms with van der Waals surface area (Å²) in [5.41, 5.74) is 2.47. The van der Waals surface area contributed by atoms with Crippen LogP contribution in [0.25, 0.3) is 6.08 Å². The van der Waals surface area contributed by atoms with Crippen molar-refractivity contribution in [1.82, 2.24) is 10.6 Å². The Morgan fingerprint density at radius 1 is 1.29 bits per heavy atom. The maximum absolute atomic E-state index is 10.6. The monoisotopic (exact) mass is 232 g/mol. The second-order valence-electron chi connectivity index (χ2n) is 3.95. The van der Waals surface area contributed by atoms with Crippen molar-refractivity contribution >= 4 is 12.0 Å². The van der Waals surface area contributed by atoms with Crippen molar-refractivity contribution in [1.29, 1.82) is 0 Å². The van der Waals surface area contributed by atoms with Gasteiger partial charge in [0.05, 0.1) is 0 Å². The molecule has 17 heavy (non-hydrogen) atoms. The zero-order valence-corrected chi connectivity index (χ0v) is 10.5. The smallest absolute Gasteiger partial charge is 0.216 e. The summed E-state index contributed by atoms with van der Waals surface area (Å²) in [5, 5.41) is 5.87. The van der Waals surface area contributed by atoms with Crippen molar-refractivity contribution in [3.63, 3.8) is 0 Å². The van der Waals surface area contributed by atoms with Crippen molar-refractivity contribution in [3.05, 3.63) is 41.5 Å². The molecule has 0 atom stereocenters. The molecule has 0 saturated heterocycles. The van der Waals surface area contributed by atoms with Crippen LogP contribution in [0.4, 0.5) is 0 Å². The van der Waals surface area contributed by atoms with Crippen LogP contribution in [0, 0.1) is 0 Å². The molecule has 3 heteroatoms. The highest BCUT2D eigenvalue weighted by Gasteiger charge is 1.91. The molecule has 1 aromatic carbocycles. The van der Waals surface area contributed by atoms with E-state index in [1.165, 1.54) is 18.1 Å². The molecule has 1 amide bonds. The molecular weight excluding hydrogens is 212 g/mol. The normalized spacial score (nSPS) is 10.7. The van der Waals surface area contributed by atoms with E-state index < -0.39 is 0 Å². The van der Waals surface area contributed by atoms with Crippen LogP contribution in [0.1, 0.15) is 24.5 Å². The van der Waals surface area contributed by atoms with Crippen LogP contribution in [0.2, 0.25) is 0 Å². The summed E-state index contributed by atoms with van der Waals surface area (Å²) in [5.74, 6) is 0.0230. The van der Waals surface area contributed by atoms with Crippen molar-refractivity contribution in [3.8, 4) is 0 Å². The fourth-order valence-corrected chi connectivity index (χ4v) is 1.50. The van der Waals surface area contributed by atoms with Crippen molar-refractivity contribution in [2.24, 2.45) is 0 Å². The SMILES string of the molecule is CNCc1ccc(C=CCCNC(C)=O)cc1. The number of hydrogen-bond acceptors (Lipinski definition) is 2. The highest BCUT2D eigenvalue weighted by molar-refractivity contribution is 5.72. The number of benzene rings is 1. The van der Waals surface area contributed by atoms with E-state index in [1.807, 2.05) is 7.05 Å². The minimum atomic E-state index is 0.0230. The predicted molar refractivity (Wildman–Crippen MR) is 71.5 cm³/mol. The lowest BCUT2D eigenvalue weighted by atomic mass is 10.1. The Kier molecular flexibility index (Phi) is 6.04. The number of rotatable bonds is 6. The summed E-state index contributed by atoms with van der Waals surface area (Å²) >= 11 is 0. The summed E-state index contributed by atoms with van der Waals surface area (Å²) in [6, 6.07) is 8.43. The quantitative estimate of drug-likeness (QED) is 0.736.